The van der Waals surface area contributed by atoms with Crippen molar-refractivity contribution in [2.75, 3.05) is 11.9 Å². The van der Waals surface area contributed by atoms with Crippen LogP contribution in [0.2, 0.25) is 0 Å². The second-order valence-corrected chi connectivity index (χ2v) is 5.68. The molecule has 0 aliphatic rings. The van der Waals surface area contributed by atoms with Crippen molar-refractivity contribution < 1.29 is 9.53 Å². The van der Waals surface area contributed by atoms with Crippen LogP contribution in [0.1, 0.15) is 19.0 Å². The minimum atomic E-state index is -0.0610. The molecule has 2 heterocycles. The number of nitrogens with one attached hydrogen (secondary N) is 1. The smallest absolute Gasteiger partial charge is 0.226 e. The first-order valence-electron chi connectivity index (χ1n) is 6.68. The van der Waals surface area contributed by atoms with E-state index in [9.17, 15) is 4.79 Å². The van der Waals surface area contributed by atoms with E-state index in [1.807, 2.05) is 20.0 Å². The minimum Gasteiger partial charge on any atom is -0.360 e. The summed E-state index contributed by atoms with van der Waals surface area (Å²) in [5.74, 6) is -0.0610. The zero-order chi connectivity index (χ0) is 15.2. The van der Waals surface area contributed by atoms with Gasteiger partial charge in [0.05, 0.1) is 27.3 Å². The van der Waals surface area contributed by atoms with Gasteiger partial charge in [-0.25, -0.2) is 4.68 Å². The molecule has 1 N–H and O–H groups in total. The van der Waals surface area contributed by atoms with E-state index in [-0.39, 0.29) is 5.91 Å². The van der Waals surface area contributed by atoms with Crippen LogP contribution in [0, 0.1) is 10.5 Å². The number of amides is 1. The Labute approximate surface area is 136 Å². The fourth-order valence-electron chi connectivity index (χ4n) is 1.73. The van der Waals surface area contributed by atoms with E-state index >= 15 is 0 Å². The molecule has 0 unspecified atom stereocenters. The van der Waals surface area contributed by atoms with E-state index in [0.29, 0.717) is 32.0 Å². The topological polar surface area (TPSA) is 74.0 Å². The summed E-state index contributed by atoms with van der Waals surface area (Å²) in [5, 5.41) is 11.2. The Balaban J connectivity index is 1.80. The lowest BCUT2D eigenvalue weighted by Gasteiger charge is -2.03. The Morgan fingerprint density at radius 3 is 2.90 bits per heavy atom. The molecule has 114 valence electrons. The van der Waals surface area contributed by atoms with Gasteiger partial charge in [-0.05, 0) is 36.4 Å². The number of halogens is 1. The summed E-state index contributed by atoms with van der Waals surface area (Å²) in [6, 6.07) is 0. The normalized spacial score (nSPS) is 10.8. The summed E-state index contributed by atoms with van der Waals surface area (Å²) in [6.07, 6.45) is 5.66. The number of carbonyl (C=O) groups excluding carboxylic acids is 1. The summed E-state index contributed by atoms with van der Waals surface area (Å²) in [7, 11) is 0. The molecule has 8 heteroatoms. The first-order chi connectivity index (χ1) is 10.1. The lowest BCUT2D eigenvalue weighted by molar-refractivity contribution is -0.116. The lowest BCUT2D eigenvalue weighted by Crippen LogP contribution is -2.14. The fourth-order valence-corrected chi connectivity index (χ4v) is 2.16. The molecule has 0 spiro atoms. The number of hydrogen-bond donors (Lipinski definition) is 1. The Kier molecular flexibility index (Phi) is 5.74. The van der Waals surface area contributed by atoms with Gasteiger partial charge in [0.15, 0.2) is 0 Å². The third-order valence-electron chi connectivity index (χ3n) is 2.80. The number of aromatic nitrogens is 4. The molecular weight excluding hydrogens is 385 g/mol. The second-order valence-electron chi connectivity index (χ2n) is 4.51. The predicted molar refractivity (Wildman–Crippen MR) is 86.8 cm³/mol. The number of rotatable bonds is 7. The molecule has 21 heavy (non-hydrogen) atoms. The molecule has 0 fully saturated rings. The quantitative estimate of drug-likeness (QED) is 0.718. The van der Waals surface area contributed by atoms with Crippen LogP contribution in [0.3, 0.4) is 0 Å². The van der Waals surface area contributed by atoms with E-state index < -0.39 is 0 Å². The molecule has 0 aromatic carbocycles. The number of anilines is 1. The van der Waals surface area contributed by atoms with E-state index in [1.54, 1.807) is 21.8 Å². The highest BCUT2D eigenvalue weighted by atomic mass is 127. The highest BCUT2D eigenvalue weighted by Crippen LogP contribution is 2.09. The van der Waals surface area contributed by atoms with Crippen LogP contribution < -0.4 is 5.32 Å². The van der Waals surface area contributed by atoms with Crippen molar-refractivity contribution in [3.8, 4) is 0 Å². The summed E-state index contributed by atoms with van der Waals surface area (Å²) >= 11 is 2.23. The highest BCUT2D eigenvalue weighted by molar-refractivity contribution is 14.1. The number of aryl methyl sites for hydroxylation is 2. The van der Waals surface area contributed by atoms with Gasteiger partial charge in [0.2, 0.25) is 5.91 Å². The molecule has 0 atom stereocenters. The number of hydrogen-bond acceptors (Lipinski definition) is 4. The van der Waals surface area contributed by atoms with Crippen LogP contribution in [0.4, 0.5) is 5.69 Å². The van der Waals surface area contributed by atoms with Crippen LogP contribution in [-0.2, 0) is 22.8 Å². The number of nitrogens with zero attached hydrogens (tertiary/aromatic N) is 4. The van der Waals surface area contributed by atoms with Crippen molar-refractivity contribution in [1.82, 2.24) is 19.6 Å². The van der Waals surface area contributed by atoms with Crippen molar-refractivity contribution in [3.63, 3.8) is 0 Å². The molecule has 0 radical (unpaired) electrons. The number of ether oxygens (including phenoxy) is 1. The molecule has 0 aliphatic heterocycles. The molecule has 0 aliphatic carbocycles. The summed E-state index contributed by atoms with van der Waals surface area (Å²) in [4.78, 5) is 11.9. The summed E-state index contributed by atoms with van der Waals surface area (Å²) in [5.41, 5.74) is 1.65. The first-order valence-corrected chi connectivity index (χ1v) is 7.76. The van der Waals surface area contributed by atoms with Crippen molar-refractivity contribution in [1.29, 1.82) is 0 Å². The molecule has 0 bridgehead atoms. The van der Waals surface area contributed by atoms with Gasteiger partial charge in [-0.3, -0.25) is 9.48 Å². The Hall–Kier alpha value is -1.42. The van der Waals surface area contributed by atoms with E-state index in [1.165, 1.54) is 0 Å². The fraction of sp³-hybridized carbons (Fsp3) is 0.462. The molecule has 2 rings (SSSR count). The monoisotopic (exact) mass is 403 g/mol. The number of carbonyl (C=O) groups is 1. The molecule has 0 saturated heterocycles. The molecule has 1 amide bonds. The third kappa shape index (κ3) is 4.81. The average Bonchev–Trinajstić information content (AvgIpc) is 3.02. The van der Waals surface area contributed by atoms with Crippen molar-refractivity contribution in [3.05, 3.63) is 27.9 Å². The van der Waals surface area contributed by atoms with Gasteiger partial charge in [-0.2, -0.15) is 10.2 Å². The molecule has 2 aromatic rings. The Bertz CT molecular complexity index is 588. The lowest BCUT2D eigenvalue weighted by atomic mass is 10.4. The van der Waals surface area contributed by atoms with Gasteiger partial charge >= 0.3 is 0 Å². The molecule has 2 aromatic heterocycles. The van der Waals surface area contributed by atoms with Gasteiger partial charge in [-0.15, -0.1) is 0 Å². The zero-order valence-electron chi connectivity index (χ0n) is 12.0. The predicted octanol–water partition coefficient (Wildman–Crippen LogP) is 2.02. The van der Waals surface area contributed by atoms with E-state index in [4.69, 9.17) is 4.74 Å². The van der Waals surface area contributed by atoms with Gasteiger partial charge < -0.3 is 10.1 Å². The van der Waals surface area contributed by atoms with Gasteiger partial charge in [0.1, 0.15) is 6.73 Å². The maximum absolute atomic E-state index is 11.9. The van der Waals surface area contributed by atoms with Crippen LogP contribution in [-0.4, -0.2) is 32.1 Å². The van der Waals surface area contributed by atoms with Crippen molar-refractivity contribution in [2.24, 2.45) is 0 Å². The maximum atomic E-state index is 11.9. The second kappa shape index (κ2) is 7.55. The van der Waals surface area contributed by atoms with Gasteiger partial charge in [-0.1, -0.05) is 0 Å². The molecular formula is C13H18IN5O2. The third-order valence-corrected chi connectivity index (χ3v) is 3.86. The zero-order valence-corrected chi connectivity index (χ0v) is 14.2. The van der Waals surface area contributed by atoms with E-state index in [0.717, 1.165) is 9.26 Å². The van der Waals surface area contributed by atoms with E-state index in [2.05, 4.69) is 38.1 Å². The molecule has 7 nitrogen and oxygen atoms in total. The minimum absolute atomic E-state index is 0.0610. The van der Waals surface area contributed by atoms with Crippen LogP contribution in [0.15, 0.2) is 18.6 Å². The SMILES string of the molecule is CCOCn1cc(NC(=O)CCn2cc(I)c(C)n2)cn1. The Morgan fingerprint density at radius 2 is 2.24 bits per heavy atom. The largest absolute Gasteiger partial charge is 0.360 e. The Morgan fingerprint density at radius 1 is 1.43 bits per heavy atom. The van der Waals surface area contributed by atoms with Gasteiger partial charge in [0, 0.05) is 25.8 Å². The summed E-state index contributed by atoms with van der Waals surface area (Å²) < 4.78 is 9.76. The van der Waals surface area contributed by atoms with Gasteiger partial charge in [0.25, 0.3) is 0 Å². The van der Waals surface area contributed by atoms with Crippen molar-refractivity contribution >= 4 is 34.2 Å². The van der Waals surface area contributed by atoms with Crippen LogP contribution in [0.5, 0.6) is 0 Å². The maximum Gasteiger partial charge on any atom is 0.226 e. The highest BCUT2D eigenvalue weighted by Gasteiger charge is 2.07. The standard InChI is InChI=1S/C13H18IN5O2/c1-3-21-9-19-7-11(6-15-19)16-13(20)4-5-18-8-12(14)10(2)17-18/h6-8H,3-5,9H2,1-2H3,(H,16,20). The molecule has 0 saturated carbocycles. The first kappa shape index (κ1) is 16.0. The van der Waals surface area contributed by atoms with Crippen molar-refractivity contribution in [2.45, 2.75) is 33.5 Å². The average molecular weight is 403 g/mol. The van der Waals surface area contributed by atoms with Crippen LogP contribution in [0.25, 0.3) is 0 Å². The van der Waals surface area contributed by atoms with Crippen LogP contribution >= 0.6 is 22.6 Å². The summed E-state index contributed by atoms with van der Waals surface area (Å²) in [6.45, 7) is 5.44.